The quantitative estimate of drug-likeness (QED) is 0.513. The van der Waals surface area contributed by atoms with Gasteiger partial charge in [-0.1, -0.05) is 41.5 Å². The van der Waals surface area contributed by atoms with E-state index in [-0.39, 0.29) is 15.4 Å². The number of hydrogen-bond donors (Lipinski definition) is 2. The number of carbonyl (C=O) groups excluding carboxylic acids is 1. The van der Waals surface area contributed by atoms with Gasteiger partial charge in [0.1, 0.15) is 18.0 Å². The summed E-state index contributed by atoms with van der Waals surface area (Å²) in [7, 11) is -5.27. The van der Waals surface area contributed by atoms with Crippen LogP contribution in [0.2, 0.25) is 36.3 Å². The number of nitrogens with two attached hydrogens (primary N) is 1. The Morgan fingerprint density at radius 1 is 1.12 bits per heavy atom. The molecule has 190 valence electrons. The Bertz CT molecular complexity index is 908. The van der Waals surface area contributed by atoms with Crippen molar-refractivity contribution in [2.45, 2.75) is 95.9 Å². The minimum absolute atomic E-state index is 0.180. The van der Waals surface area contributed by atoms with Crippen LogP contribution < -0.4 is 11.4 Å². The summed E-state index contributed by atoms with van der Waals surface area (Å²) in [4.78, 5) is 28.1. The van der Waals surface area contributed by atoms with Crippen LogP contribution in [-0.4, -0.2) is 61.9 Å². The zero-order valence-corrected chi connectivity index (χ0v) is 23.3. The Morgan fingerprint density at radius 3 is 2.03 bits per heavy atom. The summed E-state index contributed by atoms with van der Waals surface area (Å²) in [5, 5.41) is 10.2. The van der Waals surface area contributed by atoms with E-state index in [2.05, 4.69) is 4.98 Å². The van der Waals surface area contributed by atoms with Gasteiger partial charge in [-0.3, -0.25) is 4.79 Å². The first kappa shape index (κ1) is 29.6. The number of rotatable bonds is 8. The number of aromatic nitrogens is 2. The summed E-state index contributed by atoms with van der Waals surface area (Å²) < 4.78 is 43.2. The number of alkyl halides is 2. The molecule has 33 heavy (non-hydrogen) atoms. The van der Waals surface area contributed by atoms with E-state index in [0.717, 1.165) is 12.3 Å². The number of anilines is 1. The van der Waals surface area contributed by atoms with Gasteiger partial charge in [-0.25, -0.2) is 9.36 Å². The Balaban J connectivity index is 3.41. The monoisotopic (exact) mass is 507 g/mol. The van der Waals surface area contributed by atoms with Gasteiger partial charge in [0, 0.05) is 6.20 Å². The Labute approximate surface area is 196 Å². The number of nitrogens with zero attached hydrogens (tertiary/aromatic N) is 2. The molecule has 0 aliphatic heterocycles. The molecule has 2 atom stereocenters. The highest BCUT2D eigenvalue weighted by atomic mass is 28.4. The molecule has 1 heterocycles. The molecule has 12 heteroatoms. The minimum atomic E-state index is -4.24. The van der Waals surface area contributed by atoms with Crippen molar-refractivity contribution in [3.63, 3.8) is 0 Å². The first-order valence-corrected chi connectivity index (χ1v) is 16.6. The predicted octanol–water partition coefficient (Wildman–Crippen LogP) is 3.87. The zero-order chi connectivity index (χ0) is 26.2. The van der Waals surface area contributed by atoms with Crippen LogP contribution >= 0.6 is 0 Å². The summed E-state index contributed by atoms with van der Waals surface area (Å²) in [6, 6.07) is 1.07. The van der Waals surface area contributed by atoms with E-state index >= 15 is 8.78 Å². The Hall–Kier alpha value is -1.48. The number of halogens is 2. The second-order valence-corrected chi connectivity index (χ2v) is 20.9. The lowest BCUT2D eigenvalue weighted by Gasteiger charge is -2.43. The minimum Gasteiger partial charge on any atom is -0.414 e. The number of nitrogen functional groups attached to an aromatic ring is 1. The third-order valence-corrected chi connectivity index (χ3v) is 15.6. The predicted molar refractivity (Wildman–Crippen MR) is 130 cm³/mol. The van der Waals surface area contributed by atoms with Gasteiger partial charge in [0.15, 0.2) is 16.6 Å². The largest absolute Gasteiger partial charge is 0.414 e. The van der Waals surface area contributed by atoms with Crippen LogP contribution in [0.15, 0.2) is 17.1 Å². The maximum absolute atomic E-state index is 15.6. The van der Waals surface area contributed by atoms with Gasteiger partial charge in [0.2, 0.25) is 0 Å². The van der Waals surface area contributed by atoms with E-state index in [1.807, 2.05) is 54.6 Å². The number of carbonyl (C=O) groups is 1. The van der Waals surface area contributed by atoms with Gasteiger partial charge in [-0.15, -0.1) is 0 Å². The van der Waals surface area contributed by atoms with Gasteiger partial charge < -0.3 is 19.7 Å². The van der Waals surface area contributed by atoms with Crippen molar-refractivity contribution < 1.29 is 27.5 Å². The molecule has 0 saturated carbocycles. The average molecular weight is 508 g/mol. The summed E-state index contributed by atoms with van der Waals surface area (Å²) in [6.07, 6.45) is -3.20. The van der Waals surface area contributed by atoms with E-state index in [4.69, 9.17) is 14.6 Å². The van der Waals surface area contributed by atoms with E-state index in [1.54, 1.807) is 13.1 Å². The molecule has 0 aliphatic carbocycles. The third kappa shape index (κ3) is 6.78. The fourth-order valence-corrected chi connectivity index (χ4v) is 4.65. The molecule has 1 aromatic heterocycles. The molecule has 1 rings (SSSR count). The highest BCUT2D eigenvalue weighted by Gasteiger charge is 2.56. The molecule has 0 bridgehead atoms. The van der Waals surface area contributed by atoms with Crippen LogP contribution in [0, 0.1) is 0 Å². The molecule has 1 aromatic rings. The van der Waals surface area contributed by atoms with Crippen molar-refractivity contribution in [1.29, 1.82) is 0 Å². The average Bonchev–Trinajstić information content (AvgIpc) is 2.61. The third-order valence-electron chi connectivity index (χ3n) is 6.68. The summed E-state index contributed by atoms with van der Waals surface area (Å²) in [5.74, 6) is -6.30. The highest BCUT2D eigenvalue weighted by Crippen LogP contribution is 2.41. The van der Waals surface area contributed by atoms with Crippen LogP contribution in [0.4, 0.5) is 14.6 Å². The number of aliphatic hydroxyl groups is 1. The topological polar surface area (TPSA) is 117 Å². The van der Waals surface area contributed by atoms with Crippen LogP contribution in [0.3, 0.4) is 0 Å². The summed E-state index contributed by atoms with van der Waals surface area (Å²) in [5.41, 5.74) is 4.16. The molecule has 0 aromatic carbocycles. The van der Waals surface area contributed by atoms with Crippen LogP contribution in [0.1, 0.15) is 46.3 Å². The second kappa shape index (κ2) is 9.64. The van der Waals surface area contributed by atoms with Crippen molar-refractivity contribution in [1.82, 2.24) is 9.55 Å². The van der Waals surface area contributed by atoms with Gasteiger partial charge in [0.25, 0.3) is 0 Å². The molecule has 3 N–H and O–H groups in total. The summed E-state index contributed by atoms with van der Waals surface area (Å²) in [6.45, 7) is 18.4. The Morgan fingerprint density at radius 2 is 1.61 bits per heavy atom. The molecule has 0 radical (unpaired) electrons. The lowest BCUT2D eigenvalue weighted by atomic mass is 10.1. The van der Waals surface area contributed by atoms with Gasteiger partial charge in [-0.2, -0.15) is 13.8 Å². The van der Waals surface area contributed by atoms with E-state index in [9.17, 15) is 14.7 Å². The molecule has 8 nitrogen and oxygen atoms in total. The highest BCUT2D eigenvalue weighted by molar-refractivity contribution is 6.74. The van der Waals surface area contributed by atoms with E-state index in [0.29, 0.717) is 0 Å². The Kier molecular flexibility index (Phi) is 8.64. The van der Waals surface area contributed by atoms with Crippen LogP contribution in [-0.2, 0) is 8.85 Å². The molecule has 0 amide bonds. The zero-order valence-electron chi connectivity index (χ0n) is 21.3. The van der Waals surface area contributed by atoms with Gasteiger partial charge >= 0.3 is 17.5 Å². The van der Waals surface area contributed by atoms with Crippen LogP contribution in [0.5, 0.6) is 0 Å². The second-order valence-electron chi connectivity index (χ2n) is 11.4. The standard InChI is InChI=1S/C21H39F2N3O5Si2/c1-19(2,3)32(7,8)30-13-14(27)16(31-33(9,10)20(4,5)6)21(22,23)17(28)26-12-11-15(24)25-18(26)29/h11-12,14,16,27H,13H2,1-10H3,(H2,24,25,29)/t14-,16-/m1/s1. The molecular weight excluding hydrogens is 468 g/mol. The van der Waals surface area contributed by atoms with Gasteiger partial charge in [-0.05, 0) is 42.3 Å². The molecule has 0 aliphatic rings. The SMILES string of the molecule is CC(C)(C)[Si](C)(C)OC[C@@H](O)[C@@H](O[Si](C)(C)C(C)(C)C)C(F)(F)C(=O)n1ccc(N)nc1=O. The maximum atomic E-state index is 15.6. The number of aliphatic hydroxyl groups excluding tert-OH is 1. The van der Waals surface area contributed by atoms with Crippen molar-refractivity contribution >= 4 is 28.4 Å². The molecular formula is C21H39F2N3O5Si2. The van der Waals surface area contributed by atoms with Crippen molar-refractivity contribution in [3.8, 4) is 0 Å². The number of hydrogen-bond acceptors (Lipinski definition) is 7. The fourth-order valence-electron chi connectivity index (χ4n) is 2.34. The molecule has 0 spiro atoms. The van der Waals surface area contributed by atoms with Crippen molar-refractivity contribution in [3.05, 3.63) is 22.7 Å². The first-order valence-electron chi connectivity index (χ1n) is 10.8. The molecule has 0 unspecified atom stereocenters. The van der Waals surface area contributed by atoms with Crippen molar-refractivity contribution in [2.75, 3.05) is 12.3 Å². The normalized spacial score (nSPS) is 15.9. The van der Waals surface area contributed by atoms with E-state index < -0.39 is 58.0 Å². The van der Waals surface area contributed by atoms with Gasteiger partial charge in [0.05, 0.1) is 6.61 Å². The lowest BCUT2D eigenvalue weighted by molar-refractivity contribution is -0.129. The van der Waals surface area contributed by atoms with Crippen LogP contribution in [0.25, 0.3) is 0 Å². The van der Waals surface area contributed by atoms with E-state index in [1.165, 1.54) is 0 Å². The molecule has 0 fully saturated rings. The first-order chi connectivity index (χ1) is 14.5. The van der Waals surface area contributed by atoms with Crippen molar-refractivity contribution in [2.24, 2.45) is 0 Å². The maximum Gasteiger partial charge on any atom is 0.356 e. The lowest BCUT2D eigenvalue weighted by Crippen LogP contribution is -2.59. The summed E-state index contributed by atoms with van der Waals surface area (Å²) >= 11 is 0. The molecule has 0 saturated heterocycles. The fraction of sp³-hybridized carbons (Fsp3) is 0.762. The smallest absolute Gasteiger partial charge is 0.356 e.